The largest absolute Gasteiger partial charge is 0.300 e. The molecule has 0 aromatic heterocycles. The molecule has 0 amide bonds. The zero-order valence-electron chi connectivity index (χ0n) is 10.5. The first-order valence-corrected chi connectivity index (χ1v) is 5.91. The third kappa shape index (κ3) is 2.83. The van der Waals surface area contributed by atoms with E-state index in [-0.39, 0.29) is 11.6 Å². The molecule has 0 fully saturated rings. The molecular formula is C16H15FO. The molecule has 0 heterocycles. The van der Waals surface area contributed by atoms with E-state index < -0.39 is 0 Å². The quantitative estimate of drug-likeness (QED) is 0.797. The van der Waals surface area contributed by atoms with E-state index in [0.29, 0.717) is 6.42 Å². The van der Waals surface area contributed by atoms with Crippen LogP contribution in [0.5, 0.6) is 0 Å². The Hall–Kier alpha value is -1.96. The van der Waals surface area contributed by atoms with Gasteiger partial charge in [0.1, 0.15) is 11.6 Å². The van der Waals surface area contributed by atoms with Gasteiger partial charge in [0, 0.05) is 6.42 Å². The minimum absolute atomic E-state index is 0.153. The Balaban J connectivity index is 2.31. The highest BCUT2D eigenvalue weighted by atomic mass is 19.1. The summed E-state index contributed by atoms with van der Waals surface area (Å²) in [4.78, 5) is 11.0. The number of hydrogen-bond donors (Lipinski definition) is 0. The zero-order chi connectivity index (χ0) is 13.1. The molecule has 0 atom stereocenters. The molecule has 0 spiro atoms. The summed E-state index contributed by atoms with van der Waals surface area (Å²) < 4.78 is 13.0. The normalized spacial score (nSPS) is 10.4. The van der Waals surface area contributed by atoms with Crippen LogP contribution in [0.4, 0.5) is 4.39 Å². The van der Waals surface area contributed by atoms with Gasteiger partial charge in [0.05, 0.1) is 0 Å². The van der Waals surface area contributed by atoms with Crippen molar-refractivity contribution in [1.29, 1.82) is 0 Å². The van der Waals surface area contributed by atoms with Crippen LogP contribution >= 0.6 is 0 Å². The summed E-state index contributed by atoms with van der Waals surface area (Å²) in [5.41, 5.74) is 3.98. The van der Waals surface area contributed by atoms with Crippen LogP contribution in [-0.4, -0.2) is 5.78 Å². The van der Waals surface area contributed by atoms with Gasteiger partial charge in [-0.05, 0) is 48.2 Å². The van der Waals surface area contributed by atoms with E-state index in [1.165, 1.54) is 12.1 Å². The topological polar surface area (TPSA) is 17.1 Å². The van der Waals surface area contributed by atoms with E-state index >= 15 is 0 Å². The van der Waals surface area contributed by atoms with E-state index in [2.05, 4.69) is 0 Å². The van der Waals surface area contributed by atoms with Crippen molar-refractivity contribution in [3.05, 3.63) is 59.4 Å². The number of benzene rings is 2. The summed E-state index contributed by atoms with van der Waals surface area (Å²) in [6.45, 7) is 3.47. The fourth-order valence-electron chi connectivity index (χ4n) is 2.04. The summed E-state index contributed by atoms with van der Waals surface area (Å²) in [6.07, 6.45) is 0.461. The molecule has 0 saturated heterocycles. The van der Waals surface area contributed by atoms with Gasteiger partial charge < -0.3 is 0 Å². The lowest BCUT2D eigenvalue weighted by Gasteiger charge is -2.07. The number of Topliss-reactive ketones (excluding diaryl/α,β-unsaturated/α-hetero) is 1. The minimum atomic E-state index is -0.218. The van der Waals surface area contributed by atoms with Crippen LogP contribution in [0.2, 0.25) is 0 Å². The summed E-state index contributed by atoms with van der Waals surface area (Å²) in [5, 5.41) is 0. The average molecular weight is 242 g/mol. The molecule has 0 unspecified atom stereocenters. The van der Waals surface area contributed by atoms with Crippen molar-refractivity contribution in [3.8, 4) is 11.1 Å². The lowest BCUT2D eigenvalue weighted by Crippen LogP contribution is -1.95. The molecule has 0 N–H and O–H groups in total. The second kappa shape index (κ2) is 5.13. The van der Waals surface area contributed by atoms with Crippen LogP contribution in [0.15, 0.2) is 42.5 Å². The monoisotopic (exact) mass is 242 g/mol. The van der Waals surface area contributed by atoms with Crippen LogP contribution < -0.4 is 0 Å². The van der Waals surface area contributed by atoms with E-state index in [0.717, 1.165) is 22.3 Å². The van der Waals surface area contributed by atoms with Gasteiger partial charge in [-0.3, -0.25) is 4.79 Å². The van der Waals surface area contributed by atoms with Crippen molar-refractivity contribution in [3.63, 3.8) is 0 Å². The number of carbonyl (C=O) groups is 1. The molecule has 0 aliphatic carbocycles. The fraction of sp³-hybridized carbons (Fsp3) is 0.188. The highest BCUT2D eigenvalue weighted by molar-refractivity contribution is 5.78. The standard InChI is InChI=1S/C16H15FO/c1-11-9-15(17)7-8-16(11)14-5-3-13(4-6-14)10-12(2)18/h3-9H,10H2,1-2H3. The number of hydrogen-bond acceptors (Lipinski definition) is 1. The van der Waals surface area contributed by atoms with E-state index in [4.69, 9.17) is 0 Å². The van der Waals surface area contributed by atoms with Crippen LogP contribution in [0.3, 0.4) is 0 Å². The van der Waals surface area contributed by atoms with Gasteiger partial charge in [-0.1, -0.05) is 30.3 Å². The smallest absolute Gasteiger partial charge is 0.134 e. The van der Waals surface area contributed by atoms with Crippen LogP contribution in [0, 0.1) is 12.7 Å². The first-order chi connectivity index (χ1) is 8.56. The summed E-state index contributed by atoms with van der Waals surface area (Å²) in [6, 6.07) is 12.6. The molecule has 0 aliphatic rings. The molecule has 1 nitrogen and oxygen atoms in total. The SMILES string of the molecule is CC(=O)Cc1ccc(-c2ccc(F)cc2C)cc1. The molecule has 92 valence electrons. The van der Waals surface area contributed by atoms with Gasteiger partial charge >= 0.3 is 0 Å². The predicted molar refractivity (Wildman–Crippen MR) is 71.0 cm³/mol. The second-order valence-corrected chi connectivity index (χ2v) is 4.53. The minimum Gasteiger partial charge on any atom is -0.300 e. The number of rotatable bonds is 3. The number of carbonyl (C=O) groups excluding carboxylic acids is 1. The van der Waals surface area contributed by atoms with Crippen LogP contribution in [-0.2, 0) is 11.2 Å². The first-order valence-electron chi connectivity index (χ1n) is 5.91. The maximum absolute atomic E-state index is 13.0. The maximum Gasteiger partial charge on any atom is 0.134 e. The van der Waals surface area contributed by atoms with Crippen LogP contribution in [0.25, 0.3) is 11.1 Å². The molecule has 0 radical (unpaired) electrons. The summed E-state index contributed by atoms with van der Waals surface area (Å²) >= 11 is 0. The van der Waals surface area contributed by atoms with E-state index in [9.17, 15) is 9.18 Å². The molecule has 2 aromatic rings. The van der Waals surface area contributed by atoms with Gasteiger partial charge in [0.15, 0.2) is 0 Å². The lowest BCUT2D eigenvalue weighted by atomic mass is 9.98. The highest BCUT2D eigenvalue weighted by Crippen LogP contribution is 2.24. The van der Waals surface area contributed by atoms with E-state index in [1.54, 1.807) is 13.0 Å². The average Bonchev–Trinajstić information content (AvgIpc) is 2.30. The van der Waals surface area contributed by atoms with Gasteiger partial charge in [-0.25, -0.2) is 4.39 Å². The maximum atomic E-state index is 13.0. The molecule has 0 aliphatic heterocycles. The van der Waals surface area contributed by atoms with Crippen molar-refractivity contribution in [1.82, 2.24) is 0 Å². The second-order valence-electron chi connectivity index (χ2n) is 4.53. The number of aryl methyl sites for hydroxylation is 1. The van der Waals surface area contributed by atoms with Gasteiger partial charge in [-0.2, -0.15) is 0 Å². The third-order valence-corrected chi connectivity index (χ3v) is 2.91. The van der Waals surface area contributed by atoms with Crippen molar-refractivity contribution in [2.24, 2.45) is 0 Å². The number of ketones is 1. The first kappa shape index (κ1) is 12.5. The Bertz CT molecular complexity index is 570. The Morgan fingerprint density at radius 3 is 2.33 bits per heavy atom. The zero-order valence-corrected chi connectivity index (χ0v) is 10.5. The highest BCUT2D eigenvalue weighted by Gasteiger charge is 2.04. The molecule has 0 bridgehead atoms. The van der Waals surface area contributed by atoms with Crippen LogP contribution in [0.1, 0.15) is 18.1 Å². The Morgan fingerprint density at radius 1 is 1.11 bits per heavy atom. The number of halogens is 1. The lowest BCUT2D eigenvalue weighted by molar-refractivity contribution is -0.116. The molecule has 0 saturated carbocycles. The Kier molecular flexibility index (Phi) is 3.56. The van der Waals surface area contributed by atoms with Gasteiger partial charge in [0.2, 0.25) is 0 Å². The van der Waals surface area contributed by atoms with E-state index in [1.807, 2.05) is 31.2 Å². The van der Waals surface area contributed by atoms with Crippen molar-refractivity contribution in [2.45, 2.75) is 20.3 Å². The van der Waals surface area contributed by atoms with Crippen molar-refractivity contribution in [2.75, 3.05) is 0 Å². The molecule has 2 aromatic carbocycles. The van der Waals surface area contributed by atoms with Gasteiger partial charge in [0.25, 0.3) is 0 Å². The summed E-state index contributed by atoms with van der Waals surface area (Å²) in [5.74, 6) is -0.0647. The summed E-state index contributed by atoms with van der Waals surface area (Å²) in [7, 11) is 0. The third-order valence-electron chi connectivity index (χ3n) is 2.91. The Labute approximate surface area is 106 Å². The molecule has 2 heteroatoms. The van der Waals surface area contributed by atoms with Gasteiger partial charge in [-0.15, -0.1) is 0 Å². The van der Waals surface area contributed by atoms with Crippen molar-refractivity contribution < 1.29 is 9.18 Å². The Morgan fingerprint density at radius 2 is 1.78 bits per heavy atom. The molecular weight excluding hydrogens is 227 g/mol. The van der Waals surface area contributed by atoms with Crippen molar-refractivity contribution >= 4 is 5.78 Å². The molecule has 2 rings (SSSR count). The molecule has 18 heavy (non-hydrogen) atoms. The fourth-order valence-corrected chi connectivity index (χ4v) is 2.04. The predicted octanol–water partition coefficient (Wildman–Crippen LogP) is 3.93.